The maximum Gasteiger partial charge on any atom is 0.306 e. The van der Waals surface area contributed by atoms with E-state index in [4.69, 9.17) is 14.2 Å². The van der Waals surface area contributed by atoms with Crippen molar-refractivity contribution in [1.82, 2.24) is 0 Å². The van der Waals surface area contributed by atoms with Gasteiger partial charge in [-0.05, 0) is 18.8 Å². The number of carbonyl (C=O) groups excluding carboxylic acids is 2. The summed E-state index contributed by atoms with van der Waals surface area (Å²) < 4.78 is 14.8. The first-order chi connectivity index (χ1) is 9.22. The monoisotopic (exact) mass is 272 g/mol. The van der Waals surface area contributed by atoms with Crippen LogP contribution in [0.1, 0.15) is 44.9 Å². The van der Waals surface area contributed by atoms with Crippen LogP contribution in [0.15, 0.2) is 0 Å². The summed E-state index contributed by atoms with van der Waals surface area (Å²) in [6, 6.07) is 0. The molecule has 0 saturated heterocycles. The molecule has 0 aromatic rings. The van der Waals surface area contributed by atoms with Gasteiger partial charge in [-0.1, -0.05) is 19.3 Å². The van der Waals surface area contributed by atoms with Crippen LogP contribution in [0.3, 0.4) is 0 Å². The van der Waals surface area contributed by atoms with Crippen molar-refractivity contribution in [2.45, 2.75) is 44.9 Å². The fourth-order valence-corrected chi connectivity index (χ4v) is 2.15. The topological polar surface area (TPSA) is 61.8 Å². The molecule has 0 atom stereocenters. The van der Waals surface area contributed by atoms with Crippen molar-refractivity contribution in [1.29, 1.82) is 0 Å². The Balaban J connectivity index is 2.02. The van der Waals surface area contributed by atoms with Crippen LogP contribution in [0.2, 0.25) is 0 Å². The Bertz CT molecular complexity index is 271. The lowest BCUT2D eigenvalue weighted by atomic mass is 9.90. The Hall–Kier alpha value is -1.10. The molecule has 0 N–H and O–H groups in total. The number of hydrogen-bond donors (Lipinski definition) is 0. The van der Waals surface area contributed by atoms with Gasteiger partial charge in [0.05, 0.1) is 26.1 Å². The van der Waals surface area contributed by atoms with E-state index in [0.717, 1.165) is 12.8 Å². The molecule has 1 aliphatic carbocycles. The van der Waals surface area contributed by atoms with E-state index in [2.05, 4.69) is 0 Å². The summed E-state index contributed by atoms with van der Waals surface area (Å²) in [5.41, 5.74) is 0. The summed E-state index contributed by atoms with van der Waals surface area (Å²) in [4.78, 5) is 22.7. The first-order valence-electron chi connectivity index (χ1n) is 7.02. The van der Waals surface area contributed by atoms with Crippen LogP contribution in [-0.2, 0) is 23.8 Å². The lowest BCUT2D eigenvalue weighted by Gasteiger charge is -2.20. The Morgan fingerprint density at radius 1 is 0.947 bits per heavy atom. The molecule has 0 amide bonds. The largest absolute Gasteiger partial charge is 0.465 e. The number of hydrogen-bond acceptors (Lipinski definition) is 5. The summed E-state index contributed by atoms with van der Waals surface area (Å²) in [6.45, 7) is 1.10. The molecule has 19 heavy (non-hydrogen) atoms. The van der Waals surface area contributed by atoms with Crippen LogP contribution < -0.4 is 0 Å². The molecule has 0 bridgehead atoms. The fourth-order valence-electron chi connectivity index (χ4n) is 2.15. The molecule has 0 aliphatic heterocycles. The van der Waals surface area contributed by atoms with Crippen molar-refractivity contribution in [3.8, 4) is 0 Å². The van der Waals surface area contributed by atoms with E-state index in [0.29, 0.717) is 19.1 Å². The summed E-state index contributed by atoms with van der Waals surface area (Å²) in [6.07, 6.45) is 6.21. The van der Waals surface area contributed by atoms with Gasteiger partial charge in [0.15, 0.2) is 0 Å². The first kappa shape index (κ1) is 16.0. The molecule has 0 aromatic carbocycles. The SMILES string of the molecule is COCCOC(=O)CCC(=O)OCC1CCCCC1. The fraction of sp³-hybridized carbons (Fsp3) is 0.857. The Kier molecular flexibility index (Phi) is 8.21. The van der Waals surface area contributed by atoms with E-state index in [1.165, 1.54) is 26.4 Å². The van der Waals surface area contributed by atoms with E-state index in [1.54, 1.807) is 0 Å². The second kappa shape index (κ2) is 9.78. The van der Waals surface area contributed by atoms with E-state index in [9.17, 15) is 9.59 Å². The van der Waals surface area contributed by atoms with Crippen LogP contribution in [0.25, 0.3) is 0 Å². The first-order valence-corrected chi connectivity index (χ1v) is 7.02. The Morgan fingerprint density at radius 3 is 2.21 bits per heavy atom. The van der Waals surface area contributed by atoms with Gasteiger partial charge in [0.1, 0.15) is 6.61 Å². The van der Waals surface area contributed by atoms with Crippen molar-refractivity contribution in [3.05, 3.63) is 0 Å². The zero-order valence-electron chi connectivity index (χ0n) is 11.7. The van der Waals surface area contributed by atoms with Gasteiger partial charge >= 0.3 is 11.9 Å². The zero-order valence-corrected chi connectivity index (χ0v) is 11.7. The highest BCUT2D eigenvalue weighted by Gasteiger charge is 2.16. The number of esters is 2. The molecule has 0 heterocycles. The second-order valence-corrected chi connectivity index (χ2v) is 4.90. The molecule has 0 unspecified atom stereocenters. The average Bonchev–Trinajstić information content (AvgIpc) is 2.44. The molecule has 1 rings (SSSR count). The molecule has 0 spiro atoms. The third kappa shape index (κ3) is 7.82. The smallest absolute Gasteiger partial charge is 0.306 e. The lowest BCUT2D eigenvalue weighted by Crippen LogP contribution is -2.18. The summed E-state index contributed by atoms with van der Waals surface area (Å²) in [5.74, 6) is -0.188. The molecule has 110 valence electrons. The van der Waals surface area contributed by atoms with E-state index >= 15 is 0 Å². The van der Waals surface area contributed by atoms with E-state index in [-0.39, 0.29) is 31.4 Å². The normalized spacial score (nSPS) is 16.1. The molecule has 1 aliphatic rings. The summed E-state index contributed by atoms with van der Waals surface area (Å²) in [7, 11) is 1.54. The van der Waals surface area contributed by atoms with Crippen molar-refractivity contribution in [2.75, 3.05) is 26.9 Å². The standard InChI is InChI=1S/C14H24O5/c1-17-9-10-18-13(15)7-8-14(16)19-11-12-5-3-2-4-6-12/h12H,2-11H2,1H3. The van der Waals surface area contributed by atoms with Crippen LogP contribution >= 0.6 is 0 Å². The highest BCUT2D eigenvalue weighted by molar-refractivity contribution is 5.77. The van der Waals surface area contributed by atoms with Gasteiger partial charge < -0.3 is 14.2 Å². The Labute approximate surface area is 114 Å². The van der Waals surface area contributed by atoms with Gasteiger partial charge in [-0.15, -0.1) is 0 Å². The third-order valence-corrected chi connectivity index (χ3v) is 3.29. The highest BCUT2D eigenvalue weighted by atomic mass is 16.6. The second-order valence-electron chi connectivity index (χ2n) is 4.90. The van der Waals surface area contributed by atoms with E-state index < -0.39 is 0 Å². The van der Waals surface area contributed by atoms with Crippen molar-refractivity contribution in [3.63, 3.8) is 0 Å². The Morgan fingerprint density at radius 2 is 1.58 bits per heavy atom. The summed E-state index contributed by atoms with van der Waals surface area (Å²) >= 11 is 0. The zero-order chi connectivity index (χ0) is 13.9. The molecule has 5 nitrogen and oxygen atoms in total. The summed E-state index contributed by atoms with van der Waals surface area (Å²) in [5, 5.41) is 0. The van der Waals surface area contributed by atoms with Gasteiger partial charge in [0.25, 0.3) is 0 Å². The van der Waals surface area contributed by atoms with Gasteiger partial charge in [0.2, 0.25) is 0 Å². The minimum absolute atomic E-state index is 0.0766. The van der Waals surface area contributed by atoms with Crippen molar-refractivity contribution < 1.29 is 23.8 Å². The van der Waals surface area contributed by atoms with Gasteiger partial charge in [0, 0.05) is 7.11 Å². The van der Waals surface area contributed by atoms with Crippen LogP contribution in [0, 0.1) is 5.92 Å². The molecule has 0 radical (unpaired) electrons. The minimum atomic E-state index is -0.383. The van der Waals surface area contributed by atoms with Crippen molar-refractivity contribution in [2.24, 2.45) is 5.92 Å². The molecular weight excluding hydrogens is 248 g/mol. The molecule has 1 fully saturated rings. The number of rotatable bonds is 8. The maximum atomic E-state index is 11.5. The van der Waals surface area contributed by atoms with Crippen molar-refractivity contribution >= 4 is 11.9 Å². The lowest BCUT2D eigenvalue weighted by molar-refractivity contribution is -0.151. The predicted octanol–water partition coefficient (Wildman–Crippen LogP) is 2.08. The van der Waals surface area contributed by atoms with Crippen LogP contribution in [0.5, 0.6) is 0 Å². The number of methoxy groups -OCH3 is 1. The molecule has 5 heteroatoms. The van der Waals surface area contributed by atoms with E-state index in [1.807, 2.05) is 0 Å². The third-order valence-electron chi connectivity index (χ3n) is 3.29. The average molecular weight is 272 g/mol. The van der Waals surface area contributed by atoms with Gasteiger partial charge in [-0.3, -0.25) is 9.59 Å². The molecule has 0 aromatic heterocycles. The molecule has 1 saturated carbocycles. The predicted molar refractivity (Wildman–Crippen MR) is 69.6 cm³/mol. The number of carbonyl (C=O) groups is 2. The van der Waals surface area contributed by atoms with Crippen LogP contribution in [0.4, 0.5) is 0 Å². The van der Waals surface area contributed by atoms with Gasteiger partial charge in [-0.2, -0.15) is 0 Å². The minimum Gasteiger partial charge on any atom is -0.465 e. The maximum absolute atomic E-state index is 11.5. The van der Waals surface area contributed by atoms with Gasteiger partial charge in [-0.25, -0.2) is 0 Å². The highest BCUT2D eigenvalue weighted by Crippen LogP contribution is 2.23. The number of ether oxygens (including phenoxy) is 3. The molecular formula is C14H24O5. The quantitative estimate of drug-likeness (QED) is 0.500. The van der Waals surface area contributed by atoms with Crippen LogP contribution in [-0.4, -0.2) is 38.9 Å².